The van der Waals surface area contributed by atoms with E-state index in [1.165, 1.54) is 18.9 Å². The molecule has 1 N–H and O–H groups in total. The Kier molecular flexibility index (Phi) is 9.67. The third-order valence-electron chi connectivity index (χ3n) is 6.05. The summed E-state index contributed by atoms with van der Waals surface area (Å²) in [7, 11) is 3.84. The van der Waals surface area contributed by atoms with E-state index in [0.717, 1.165) is 29.7 Å². The molecule has 0 aromatic heterocycles. The SMILES string of the molecule is CCCCCCOc1ccc(C2C(C(=O)C=Cc3ccccc3)=C(O)C(=O)N2CCN(C)C)cc1. The molecule has 1 aliphatic heterocycles. The molecule has 2 aromatic rings. The van der Waals surface area contributed by atoms with Gasteiger partial charge >= 0.3 is 0 Å². The number of aliphatic hydroxyl groups excluding tert-OH is 1. The summed E-state index contributed by atoms with van der Waals surface area (Å²) in [5.74, 6) is -0.634. The van der Waals surface area contributed by atoms with Gasteiger partial charge in [-0.1, -0.05) is 74.7 Å². The minimum atomic E-state index is -0.658. The topological polar surface area (TPSA) is 70.1 Å². The average Bonchev–Trinajstić information content (AvgIpc) is 3.12. The summed E-state index contributed by atoms with van der Waals surface area (Å²) < 4.78 is 5.85. The minimum absolute atomic E-state index is 0.106. The van der Waals surface area contributed by atoms with Crippen LogP contribution in [0.15, 0.2) is 72.0 Å². The lowest BCUT2D eigenvalue weighted by atomic mass is 9.95. The van der Waals surface area contributed by atoms with Crippen molar-refractivity contribution in [1.29, 1.82) is 0 Å². The smallest absolute Gasteiger partial charge is 0.290 e. The lowest BCUT2D eigenvalue weighted by molar-refractivity contribution is -0.129. The second-order valence-electron chi connectivity index (χ2n) is 9.05. The molecule has 0 fully saturated rings. The maximum Gasteiger partial charge on any atom is 0.290 e. The van der Waals surface area contributed by atoms with Crippen molar-refractivity contribution in [3.05, 3.63) is 83.1 Å². The number of rotatable bonds is 13. The summed E-state index contributed by atoms with van der Waals surface area (Å²) in [6, 6.07) is 16.3. The van der Waals surface area contributed by atoms with Crippen molar-refractivity contribution in [3.8, 4) is 5.75 Å². The average molecular weight is 477 g/mol. The first-order valence-electron chi connectivity index (χ1n) is 12.3. The fourth-order valence-corrected chi connectivity index (χ4v) is 4.08. The Labute approximate surface area is 208 Å². The van der Waals surface area contributed by atoms with Gasteiger partial charge in [-0.25, -0.2) is 0 Å². The van der Waals surface area contributed by atoms with Gasteiger partial charge in [-0.3, -0.25) is 9.59 Å². The van der Waals surface area contributed by atoms with Gasteiger partial charge in [0.05, 0.1) is 18.2 Å². The van der Waals surface area contributed by atoms with Gasteiger partial charge in [0.1, 0.15) is 5.75 Å². The lowest BCUT2D eigenvalue weighted by Gasteiger charge is -2.28. The molecule has 6 heteroatoms. The van der Waals surface area contributed by atoms with E-state index in [1.807, 2.05) is 73.6 Å². The molecule has 6 nitrogen and oxygen atoms in total. The minimum Gasteiger partial charge on any atom is -0.503 e. The maximum absolute atomic E-state index is 13.2. The van der Waals surface area contributed by atoms with Crippen LogP contribution in [0.1, 0.15) is 49.8 Å². The van der Waals surface area contributed by atoms with Crippen molar-refractivity contribution >= 4 is 17.8 Å². The van der Waals surface area contributed by atoms with Crippen molar-refractivity contribution in [3.63, 3.8) is 0 Å². The van der Waals surface area contributed by atoms with E-state index in [0.29, 0.717) is 19.7 Å². The highest BCUT2D eigenvalue weighted by Crippen LogP contribution is 2.38. The first-order valence-corrected chi connectivity index (χ1v) is 12.3. The molecule has 1 atom stereocenters. The number of nitrogens with zero attached hydrogens (tertiary/aromatic N) is 2. The summed E-state index contributed by atoms with van der Waals surface area (Å²) in [4.78, 5) is 29.7. The molecule has 0 saturated heterocycles. The highest BCUT2D eigenvalue weighted by atomic mass is 16.5. The van der Waals surface area contributed by atoms with Crippen LogP contribution >= 0.6 is 0 Å². The van der Waals surface area contributed by atoms with Crippen LogP contribution in [0.3, 0.4) is 0 Å². The van der Waals surface area contributed by atoms with Crippen molar-refractivity contribution < 1.29 is 19.4 Å². The zero-order valence-electron chi connectivity index (χ0n) is 20.9. The van der Waals surface area contributed by atoms with Gasteiger partial charge in [0.25, 0.3) is 5.91 Å². The predicted molar refractivity (Wildman–Crippen MR) is 139 cm³/mol. The molecular weight excluding hydrogens is 440 g/mol. The Morgan fingerprint density at radius 2 is 1.77 bits per heavy atom. The molecule has 0 radical (unpaired) electrons. The van der Waals surface area contributed by atoms with Crippen molar-refractivity contribution in [2.75, 3.05) is 33.8 Å². The van der Waals surface area contributed by atoms with E-state index in [1.54, 1.807) is 11.0 Å². The largest absolute Gasteiger partial charge is 0.503 e. The molecule has 2 aromatic carbocycles. The molecule has 1 heterocycles. The number of hydrogen-bond acceptors (Lipinski definition) is 5. The number of hydrogen-bond donors (Lipinski definition) is 1. The highest BCUT2D eigenvalue weighted by Gasteiger charge is 2.42. The first kappa shape index (κ1) is 26.2. The van der Waals surface area contributed by atoms with Gasteiger partial charge in [-0.15, -0.1) is 0 Å². The van der Waals surface area contributed by atoms with Crippen LogP contribution in [-0.4, -0.2) is 60.4 Å². The standard InChI is InChI=1S/C29H36N2O4/c1-4-5-6-10-21-35-24-16-14-23(15-17-24)27-26(25(32)18-13-22-11-8-7-9-12-22)28(33)29(34)31(27)20-19-30(2)3/h7-9,11-18,27,33H,4-6,10,19-21H2,1-3H3. The van der Waals surface area contributed by atoms with E-state index in [2.05, 4.69) is 6.92 Å². The molecule has 1 unspecified atom stereocenters. The second-order valence-corrected chi connectivity index (χ2v) is 9.05. The van der Waals surface area contributed by atoms with Crippen molar-refractivity contribution in [1.82, 2.24) is 9.80 Å². The summed E-state index contributed by atoms with van der Waals surface area (Å²) in [6.07, 6.45) is 7.65. The van der Waals surface area contributed by atoms with E-state index in [4.69, 9.17) is 4.74 Å². The molecule has 186 valence electrons. The van der Waals surface area contributed by atoms with Crippen LogP contribution in [0, 0.1) is 0 Å². The summed E-state index contributed by atoms with van der Waals surface area (Å²) >= 11 is 0. The molecule has 1 amide bonds. The number of ketones is 1. The molecule has 0 bridgehead atoms. The van der Waals surface area contributed by atoms with Crippen LogP contribution in [0.25, 0.3) is 6.08 Å². The van der Waals surface area contributed by atoms with Crippen LogP contribution in [0.5, 0.6) is 5.75 Å². The van der Waals surface area contributed by atoms with Gasteiger partial charge in [-0.2, -0.15) is 0 Å². The predicted octanol–water partition coefficient (Wildman–Crippen LogP) is 5.19. The first-order chi connectivity index (χ1) is 16.9. The fourth-order valence-electron chi connectivity index (χ4n) is 4.08. The Balaban J connectivity index is 1.83. The summed E-state index contributed by atoms with van der Waals surface area (Å²) in [5, 5.41) is 10.7. The summed E-state index contributed by atoms with van der Waals surface area (Å²) in [5.41, 5.74) is 1.73. The molecular formula is C29H36N2O4. The number of likely N-dealkylation sites (N-methyl/N-ethyl adjacent to an activating group) is 1. The van der Waals surface area contributed by atoms with Gasteiger partial charge in [-0.05, 0) is 49.9 Å². The second kappa shape index (κ2) is 12.9. The molecule has 0 spiro atoms. The van der Waals surface area contributed by atoms with Crippen molar-refractivity contribution in [2.45, 2.75) is 38.6 Å². The van der Waals surface area contributed by atoms with E-state index < -0.39 is 17.7 Å². The molecule has 0 saturated carbocycles. The van der Waals surface area contributed by atoms with Crippen LogP contribution in [0.4, 0.5) is 0 Å². The van der Waals surface area contributed by atoms with Crippen LogP contribution in [0.2, 0.25) is 0 Å². The van der Waals surface area contributed by atoms with E-state index >= 15 is 0 Å². The molecule has 3 rings (SSSR count). The number of unbranched alkanes of at least 4 members (excludes halogenated alkanes) is 3. The zero-order valence-corrected chi connectivity index (χ0v) is 20.9. The number of benzene rings is 2. The number of amides is 1. The van der Waals surface area contributed by atoms with E-state index in [-0.39, 0.29) is 11.4 Å². The van der Waals surface area contributed by atoms with Gasteiger partial charge in [0.15, 0.2) is 11.5 Å². The van der Waals surface area contributed by atoms with Gasteiger partial charge in [0.2, 0.25) is 0 Å². The van der Waals surface area contributed by atoms with Gasteiger partial charge in [0, 0.05) is 13.1 Å². The Bertz CT molecular complexity index is 1040. The third kappa shape index (κ3) is 7.06. The monoisotopic (exact) mass is 476 g/mol. The lowest BCUT2D eigenvalue weighted by Crippen LogP contribution is -2.36. The van der Waals surface area contributed by atoms with Crippen LogP contribution < -0.4 is 4.74 Å². The third-order valence-corrected chi connectivity index (χ3v) is 6.05. The zero-order chi connectivity index (χ0) is 25.2. The number of carbonyl (C=O) groups is 2. The van der Waals surface area contributed by atoms with Crippen LogP contribution in [-0.2, 0) is 9.59 Å². The molecule has 0 aliphatic carbocycles. The highest BCUT2D eigenvalue weighted by molar-refractivity contribution is 6.14. The summed E-state index contributed by atoms with van der Waals surface area (Å²) in [6.45, 7) is 3.83. The van der Waals surface area contributed by atoms with E-state index in [9.17, 15) is 14.7 Å². The number of aliphatic hydroxyl groups is 1. The van der Waals surface area contributed by atoms with Gasteiger partial charge < -0.3 is 19.6 Å². The quantitative estimate of drug-likeness (QED) is 0.318. The Morgan fingerprint density at radius 3 is 2.43 bits per heavy atom. The number of allylic oxidation sites excluding steroid dienone is 1. The van der Waals surface area contributed by atoms with Crippen molar-refractivity contribution in [2.24, 2.45) is 0 Å². The normalized spacial score (nSPS) is 16.1. The maximum atomic E-state index is 13.2. The number of ether oxygens (including phenoxy) is 1. The molecule has 1 aliphatic rings. The Morgan fingerprint density at radius 1 is 1.06 bits per heavy atom. The number of carbonyl (C=O) groups excluding carboxylic acids is 2. The Hall–Kier alpha value is -3.38. The molecule has 35 heavy (non-hydrogen) atoms. The fraction of sp³-hybridized carbons (Fsp3) is 0.379.